The molecule has 2 aliphatic rings. The zero-order valence-corrected chi connectivity index (χ0v) is 11.0. The molecular formula is C15H17NO3. The van der Waals surface area contributed by atoms with Crippen molar-refractivity contribution in [1.82, 2.24) is 4.90 Å². The summed E-state index contributed by atoms with van der Waals surface area (Å²) in [4.78, 5) is 25.2. The molecule has 4 heteroatoms. The molecule has 0 radical (unpaired) electrons. The second-order valence-electron chi connectivity index (χ2n) is 5.33. The molecule has 0 N–H and O–H groups in total. The minimum Gasteiger partial charge on any atom is -0.465 e. The van der Waals surface area contributed by atoms with Crippen LogP contribution in [0.5, 0.6) is 0 Å². The molecule has 1 saturated heterocycles. The maximum absolute atomic E-state index is 11.8. The fourth-order valence-electron chi connectivity index (χ4n) is 2.50. The smallest absolute Gasteiger partial charge is 0.337 e. The van der Waals surface area contributed by atoms with Gasteiger partial charge in [0.05, 0.1) is 12.7 Å². The molecule has 19 heavy (non-hydrogen) atoms. The molecule has 1 aliphatic heterocycles. The quantitative estimate of drug-likeness (QED) is 0.778. The predicted octanol–water partition coefficient (Wildman–Crippen LogP) is 1.81. The zero-order chi connectivity index (χ0) is 13.4. The largest absolute Gasteiger partial charge is 0.465 e. The lowest BCUT2D eigenvalue weighted by Crippen LogP contribution is -2.49. The SMILES string of the molecule is COC(=O)c1cccc(C2CN(C(=O)C3CC3)C2)c1. The van der Waals surface area contributed by atoms with E-state index in [0.717, 1.165) is 31.5 Å². The molecule has 2 fully saturated rings. The Hall–Kier alpha value is -1.84. The highest BCUT2D eigenvalue weighted by Crippen LogP contribution is 2.35. The number of hydrogen-bond donors (Lipinski definition) is 0. The maximum atomic E-state index is 11.8. The van der Waals surface area contributed by atoms with E-state index in [-0.39, 0.29) is 5.97 Å². The monoisotopic (exact) mass is 259 g/mol. The summed E-state index contributed by atoms with van der Waals surface area (Å²) in [5, 5.41) is 0. The number of hydrogen-bond acceptors (Lipinski definition) is 3. The van der Waals surface area contributed by atoms with Gasteiger partial charge in [0.15, 0.2) is 0 Å². The maximum Gasteiger partial charge on any atom is 0.337 e. The Kier molecular flexibility index (Phi) is 3.01. The molecular weight excluding hydrogens is 242 g/mol. The van der Waals surface area contributed by atoms with Gasteiger partial charge in [0.25, 0.3) is 0 Å². The number of benzene rings is 1. The molecule has 1 saturated carbocycles. The lowest BCUT2D eigenvalue weighted by atomic mass is 9.90. The first kappa shape index (κ1) is 12.2. The molecule has 1 aromatic carbocycles. The van der Waals surface area contributed by atoms with Crippen LogP contribution < -0.4 is 0 Å². The number of esters is 1. The molecule has 100 valence electrons. The number of amides is 1. The lowest BCUT2D eigenvalue weighted by molar-refractivity contribution is -0.137. The van der Waals surface area contributed by atoms with E-state index < -0.39 is 0 Å². The Labute approximate surface area is 112 Å². The van der Waals surface area contributed by atoms with Gasteiger partial charge in [0, 0.05) is 24.9 Å². The van der Waals surface area contributed by atoms with Crippen molar-refractivity contribution >= 4 is 11.9 Å². The van der Waals surface area contributed by atoms with Crippen LogP contribution in [0.15, 0.2) is 24.3 Å². The summed E-state index contributed by atoms with van der Waals surface area (Å²) in [7, 11) is 1.38. The van der Waals surface area contributed by atoms with Crippen LogP contribution in [0, 0.1) is 5.92 Å². The first-order valence-electron chi connectivity index (χ1n) is 6.66. The van der Waals surface area contributed by atoms with Crippen LogP contribution in [0.2, 0.25) is 0 Å². The van der Waals surface area contributed by atoms with E-state index >= 15 is 0 Å². The fraction of sp³-hybridized carbons (Fsp3) is 0.467. The van der Waals surface area contributed by atoms with Gasteiger partial charge in [-0.05, 0) is 30.5 Å². The number of likely N-dealkylation sites (tertiary alicyclic amines) is 1. The third kappa shape index (κ3) is 2.35. The number of carbonyl (C=O) groups is 2. The third-order valence-corrected chi connectivity index (χ3v) is 3.90. The molecule has 0 atom stereocenters. The van der Waals surface area contributed by atoms with Crippen molar-refractivity contribution in [3.05, 3.63) is 35.4 Å². The highest BCUT2D eigenvalue weighted by atomic mass is 16.5. The second kappa shape index (κ2) is 4.68. The standard InChI is InChI=1S/C15H17NO3/c1-19-15(18)12-4-2-3-11(7-12)13-8-16(9-13)14(17)10-5-6-10/h2-4,7,10,13H,5-6,8-9H2,1H3. The molecule has 3 rings (SSSR count). The Balaban J connectivity index is 1.64. The molecule has 0 spiro atoms. The van der Waals surface area contributed by atoms with E-state index in [2.05, 4.69) is 0 Å². The van der Waals surface area contributed by atoms with Crippen molar-refractivity contribution in [2.24, 2.45) is 5.92 Å². The van der Waals surface area contributed by atoms with Crippen molar-refractivity contribution in [3.8, 4) is 0 Å². The van der Waals surface area contributed by atoms with E-state index in [0.29, 0.717) is 23.3 Å². The van der Waals surface area contributed by atoms with Crippen LogP contribution in [-0.2, 0) is 9.53 Å². The number of nitrogens with zero attached hydrogens (tertiary/aromatic N) is 1. The molecule has 4 nitrogen and oxygen atoms in total. The third-order valence-electron chi connectivity index (χ3n) is 3.90. The van der Waals surface area contributed by atoms with Gasteiger partial charge in [-0.1, -0.05) is 12.1 Å². The van der Waals surface area contributed by atoms with E-state index in [9.17, 15) is 9.59 Å². The van der Waals surface area contributed by atoms with E-state index in [1.54, 1.807) is 6.07 Å². The topological polar surface area (TPSA) is 46.6 Å². The van der Waals surface area contributed by atoms with E-state index in [1.807, 2.05) is 23.1 Å². The molecule has 0 bridgehead atoms. The first-order valence-corrected chi connectivity index (χ1v) is 6.66. The van der Waals surface area contributed by atoms with Gasteiger partial charge in [-0.3, -0.25) is 4.79 Å². The number of rotatable bonds is 3. The van der Waals surface area contributed by atoms with Crippen LogP contribution in [0.4, 0.5) is 0 Å². The van der Waals surface area contributed by atoms with Gasteiger partial charge in [0.1, 0.15) is 0 Å². The van der Waals surface area contributed by atoms with E-state index in [4.69, 9.17) is 4.74 Å². The summed E-state index contributed by atoms with van der Waals surface area (Å²) in [5.74, 6) is 0.641. The fourth-order valence-corrected chi connectivity index (χ4v) is 2.50. The van der Waals surface area contributed by atoms with Crippen LogP contribution in [0.25, 0.3) is 0 Å². The van der Waals surface area contributed by atoms with Crippen LogP contribution >= 0.6 is 0 Å². The number of carbonyl (C=O) groups excluding carboxylic acids is 2. The Morgan fingerprint density at radius 3 is 2.63 bits per heavy atom. The summed E-state index contributed by atoms with van der Waals surface area (Å²) in [6.07, 6.45) is 2.11. The number of ether oxygens (including phenoxy) is 1. The summed E-state index contributed by atoms with van der Waals surface area (Å²) in [5.41, 5.74) is 1.69. The van der Waals surface area contributed by atoms with Crippen LogP contribution in [0.1, 0.15) is 34.7 Å². The average Bonchev–Trinajstić information content (AvgIpc) is 3.20. The summed E-state index contributed by atoms with van der Waals surface area (Å²) >= 11 is 0. The van der Waals surface area contributed by atoms with Gasteiger partial charge in [-0.25, -0.2) is 4.79 Å². The van der Waals surface area contributed by atoms with Crippen molar-refractivity contribution in [1.29, 1.82) is 0 Å². The van der Waals surface area contributed by atoms with Gasteiger partial charge >= 0.3 is 5.97 Å². The summed E-state index contributed by atoms with van der Waals surface area (Å²) in [6.45, 7) is 1.56. The highest BCUT2D eigenvalue weighted by molar-refractivity contribution is 5.89. The highest BCUT2D eigenvalue weighted by Gasteiger charge is 2.39. The second-order valence-corrected chi connectivity index (χ2v) is 5.33. The minimum absolute atomic E-state index is 0.294. The van der Waals surface area contributed by atoms with Gasteiger partial charge in [-0.2, -0.15) is 0 Å². The summed E-state index contributed by atoms with van der Waals surface area (Å²) in [6, 6.07) is 7.50. The zero-order valence-electron chi connectivity index (χ0n) is 11.0. The normalized spacial score (nSPS) is 18.9. The lowest BCUT2D eigenvalue weighted by Gasteiger charge is -2.40. The predicted molar refractivity (Wildman–Crippen MR) is 69.8 cm³/mol. The van der Waals surface area contributed by atoms with Crippen molar-refractivity contribution in [3.63, 3.8) is 0 Å². The minimum atomic E-state index is -0.313. The Bertz CT molecular complexity index is 516. The first-order chi connectivity index (χ1) is 9.19. The Morgan fingerprint density at radius 1 is 1.26 bits per heavy atom. The van der Waals surface area contributed by atoms with Crippen molar-refractivity contribution in [2.45, 2.75) is 18.8 Å². The van der Waals surface area contributed by atoms with Crippen molar-refractivity contribution < 1.29 is 14.3 Å². The van der Waals surface area contributed by atoms with Crippen molar-refractivity contribution in [2.75, 3.05) is 20.2 Å². The van der Waals surface area contributed by atoms with Gasteiger partial charge in [-0.15, -0.1) is 0 Å². The van der Waals surface area contributed by atoms with Crippen LogP contribution in [0.3, 0.4) is 0 Å². The molecule has 0 aromatic heterocycles. The Morgan fingerprint density at radius 2 is 2.00 bits per heavy atom. The average molecular weight is 259 g/mol. The van der Waals surface area contributed by atoms with E-state index in [1.165, 1.54) is 7.11 Å². The van der Waals surface area contributed by atoms with Gasteiger partial charge < -0.3 is 9.64 Å². The molecule has 1 aromatic rings. The molecule has 1 aliphatic carbocycles. The number of methoxy groups -OCH3 is 1. The molecule has 1 heterocycles. The van der Waals surface area contributed by atoms with Gasteiger partial charge in [0.2, 0.25) is 5.91 Å². The summed E-state index contributed by atoms with van der Waals surface area (Å²) < 4.78 is 4.72. The van der Waals surface area contributed by atoms with Crippen LogP contribution in [-0.4, -0.2) is 37.0 Å². The molecule has 0 unspecified atom stereocenters. The molecule has 1 amide bonds.